The summed E-state index contributed by atoms with van der Waals surface area (Å²) in [6.07, 6.45) is 2.38. The highest BCUT2D eigenvalue weighted by Crippen LogP contribution is 2.22. The molecule has 6 nitrogen and oxygen atoms in total. The van der Waals surface area contributed by atoms with E-state index < -0.39 is 0 Å². The zero-order valence-electron chi connectivity index (χ0n) is 16.1. The second-order valence-corrected chi connectivity index (χ2v) is 6.96. The van der Waals surface area contributed by atoms with Crippen molar-refractivity contribution >= 4 is 27.8 Å². The molecule has 0 fully saturated rings. The van der Waals surface area contributed by atoms with E-state index in [9.17, 15) is 4.79 Å². The summed E-state index contributed by atoms with van der Waals surface area (Å²) in [4.78, 5) is 20.5. The molecule has 2 heterocycles. The maximum Gasteiger partial charge on any atom is 0.225 e. The van der Waals surface area contributed by atoms with Gasteiger partial charge in [-0.1, -0.05) is 30.3 Å². The molecule has 0 unspecified atom stereocenters. The normalized spacial score (nSPS) is 12.5. The predicted octanol–water partition coefficient (Wildman–Crippen LogP) is 3.58. The number of hydrogen-bond acceptors (Lipinski definition) is 3. The number of ether oxygens (including phenoxy) is 1. The molecule has 0 bridgehead atoms. The lowest BCUT2D eigenvalue weighted by Gasteiger charge is -2.11. The summed E-state index contributed by atoms with van der Waals surface area (Å²) >= 11 is 0. The first-order valence-electron chi connectivity index (χ1n) is 9.45. The van der Waals surface area contributed by atoms with Crippen molar-refractivity contribution in [1.82, 2.24) is 19.9 Å². The minimum Gasteiger partial charge on any atom is -0.383 e. The first kappa shape index (κ1) is 18.3. The van der Waals surface area contributed by atoms with Gasteiger partial charge in [0.2, 0.25) is 5.91 Å². The number of aromatic amines is 1. The number of amides is 1. The second kappa shape index (κ2) is 7.86. The summed E-state index contributed by atoms with van der Waals surface area (Å²) in [6, 6.07) is 15.8. The van der Waals surface area contributed by atoms with Crippen LogP contribution in [0.5, 0.6) is 0 Å². The van der Waals surface area contributed by atoms with Crippen LogP contribution in [0.2, 0.25) is 0 Å². The zero-order valence-corrected chi connectivity index (χ0v) is 16.1. The Morgan fingerprint density at radius 2 is 2.00 bits per heavy atom. The molecular weight excluding hydrogens is 352 g/mol. The molecule has 0 spiro atoms. The van der Waals surface area contributed by atoms with Gasteiger partial charge < -0.3 is 19.6 Å². The average molecular weight is 376 g/mol. The number of fused-ring (bicyclic) bond motifs is 2. The Morgan fingerprint density at radius 1 is 1.21 bits per heavy atom. The van der Waals surface area contributed by atoms with Crippen molar-refractivity contribution in [2.45, 2.75) is 25.9 Å². The van der Waals surface area contributed by atoms with Gasteiger partial charge >= 0.3 is 0 Å². The van der Waals surface area contributed by atoms with Crippen molar-refractivity contribution < 1.29 is 9.53 Å². The van der Waals surface area contributed by atoms with Crippen molar-refractivity contribution in [2.24, 2.45) is 0 Å². The summed E-state index contributed by atoms with van der Waals surface area (Å²) in [7, 11) is 1.69. The minimum atomic E-state index is -0.193. The highest BCUT2D eigenvalue weighted by atomic mass is 16.5. The Labute approximate surface area is 163 Å². The lowest BCUT2D eigenvalue weighted by molar-refractivity contribution is -0.121. The van der Waals surface area contributed by atoms with Gasteiger partial charge in [0.15, 0.2) is 0 Å². The highest BCUT2D eigenvalue weighted by molar-refractivity contribution is 5.89. The smallest absolute Gasteiger partial charge is 0.225 e. The molecule has 4 aromatic rings. The molecule has 0 saturated heterocycles. The van der Waals surface area contributed by atoms with E-state index in [1.54, 1.807) is 7.11 Å². The monoisotopic (exact) mass is 376 g/mol. The molecule has 144 valence electrons. The average Bonchev–Trinajstić information content (AvgIpc) is 3.28. The Balaban J connectivity index is 1.50. The molecule has 0 saturated carbocycles. The number of nitrogens with zero attached hydrogens (tertiary/aromatic N) is 2. The van der Waals surface area contributed by atoms with Crippen LogP contribution >= 0.6 is 0 Å². The lowest BCUT2D eigenvalue weighted by Crippen LogP contribution is -2.28. The number of rotatable bonds is 7. The molecule has 28 heavy (non-hydrogen) atoms. The van der Waals surface area contributed by atoms with E-state index >= 15 is 0 Å². The van der Waals surface area contributed by atoms with Crippen LogP contribution in [0.25, 0.3) is 21.9 Å². The summed E-state index contributed by atoms with van der Waals surface area (Å²) in [5, 5.41) is 4.16. The number of carbonyl (C=O) groups excluding carboxylic acids is 1. The number of hydrogen-bond donors (Lipinski definition) is 2. The van der Waals surface area contributed by atoms with Crippen LogP contribution in [-0.2, 0) is 22.5 Å². The van der Waals surface area contributed by atoms with Gasteiger partial charge in [-0.05, 0) is 30.7 Å². The number of aromatic nitrogens is 3. The van der Waals surface area contributed by atoms with E-state index in [0.717, 1.165) is 39.9 Å². The van der Waals surface area contributed by atoms with Crippen LogP contribution in [0.3, 0.4) is 0 Å². The van der Waals surface area contributed by atoms with E-state index in [1.807, 2.05) is 43.3 Å². The Morgan fingerprint density at radius 3 is 2.82 bits per heavy atom. The third-order valence-electron chi connectivity index (χ3n) is 4.95. The first-order chi connectivity index (χ1) is 13.7. The molecule has 0 aliphatic heterocycles. The second-order valence-electron chi connectivity index (χ2n) is 6.96. The number of imidazole rings is 1. The topological polar surface area (TPSA) is 71.9 Å². The molecule has 4 rings (SSSR count). The third kappa shape index (κ3) is 3.64. The van der Waals surface area contributed by atoms with Crippen molar-refractivity contribution in [2.75, 3.05) is 13.7 Å². The summed E-state index contributed by atoms with van der Waals surface area (Å²) < 4.78 is 7.34. The lowest BCUT2D eigenvalue weighted by atomic mass is 10.1. The third-order valence-corrected chi connectivity index (χ3v) is 4.95. The van der Waals surface area contributed by atoms with E-state index in [-0.39, 0.29) is 11.9 Å². The van der Waals surface area contributed by atoms with E-state index in [1.165, 1.54) is 0 Å². The minimum absolute atomic E-state index is 0.0254. The molecule has 0 aliphatic rings. The molecule has 1 amide bonds. The first-order valence-corrected chi connectivity index (χ1v) is 9.45. The van der Waals surface area contributed by atoms with Gasteiger partial charge in [0, 0.05) is 30.8 Å². The summed E-state index contributed by atoms with van der Waals surface area (Å²) in [5.41, 5.74) is 4.01. The Bertz CT molecular complexity index is 1080. The molecule has 2 N–H and O–H groups in total. The van der Waals surface area contributed by atoms with Crippen LogP contribution in [0.4, 0.5) is 0 Å². The van der Waals surface area contributed by atoms with Gasteiger partial charge in [-0.25, -0.2) is 4.98 Å². The standard InChI is InChI=1S/C22H24N4O2/c1-15(22-24-18-8-4-5-9-19(18)25-22)23-21(27)13-16-14-26(11-12-28-2)20-10-6-3-7-17(16)20/h3-10,14-15H,11-13H2,1-2H3,(H,23,27)(H,24,25)/t15-/m1/s1. The predicted molar refractivity (Wildman–Crippen MR) is 110 cm³/mol. The van der Waals surface area contributed by atoms with Crippen molar-refractivity contribution in [3.8, 4) is 0 Å². The number of benzene rings is 2. The fraction of sp³-hybridized carbons (Fsp3) is 0.273. The Hall–Kier alpha value is -3.12. The van der Waals surface area contributed by atoms with Crippen molar-refractivity contribution in [3.63, 3.8) is 0 Å². The highest BCUT2D eigenvalue weighted by Gasteiger charge is 2.16. The van der Waals surface area contributed by atoms with Crippen LogP contribution in [-0.4, -0.2) is 34.2 Å². The fourth-order valence-electron chi connectivity index (χ4n) is 3.55. The SMILES string of the molecule is COCCn1cc(CC(=O)N[C@H](C)c2nc3ccccc3[nH]2)c2ccccc21. The molecule has 2 aromatic heterocycles. The van der Waals surface area contributed by atoms with Crippen LogP contribution in [0.1, 0.15) is 24.4 Å². The molecule has 1 atom stereocenters. The molecular formula is C22H24N4O2. The van der Waals surface area contributed by atoms with Crippen molar-refractivity contribution in [3.05, 3.63) is 66.1 Å². The van der Waals surface area contributed by atoms with Crippen LogP contribution in [0, 0.1) is 0 Å². The molecule has 2 aromatic carbocycles. The maximum atomic E-state index is 12.7. The Kier molecular flexibility index (Phi) is 5.12. The maximum absolute atomic E-state index is 12.7. The number of H-pyrrole nitrogens is 1. The number of carbonyl (C=O) groups is 1. The van der Waals surface area contributed by atoms with Crippen LogP contribution < -0.4 is 5.32 Å². The van der Waals surface area contributed by atoms with Gasteiger partial charge in [-0.3, -0.25) is 4.79 Å². The van der Waals surface area contributed by atoms with Gasteiger partial charge in [-0.15, -0.1) is 0 Å². The molecule has 6 heteroatoms. The van der Waals surface area contributed by atoms with Gasteiger partial charge in [0.25, 0.3) is 0 Å². The van der Waals surface area contributed by atoms with Gasteiger partial charge in [0.05, 0.1) is 30.1 Å². The molecule has 0 aliphatic carbocycles. The largest absolute Gasteiger partial charge is 0.383 e. The fourth-order valence-corrected chi connectivity index (χ4v) is 3.55. The number of nitrogens with one attached hydrogen (secondary N) is 2. The number of methoxy groups -OCH3 is 1. The van der Waals surface area contributed by atoms with E-state index in [0.29, 0.717) is 13.0 Å². The van der Waals surface area contributed by atoms with Crippen molar-refractivity contribution in [1.29, 1.82) is 0 Å². The zero-order chi connectivity index (χ0) is 19.5. The van der Waals surface area contributed by atoms with Crippen LogP contribution in [0.15, 0.2) is 54.7 Å². The number of para-hydroxylation sites is 3. The molecule has 0 radical (unpaired) electrons. The summed E-state index contributed by atoms with van der Waals surface area (Å²) in [5.74, 6) is 0.736. The quantitative estimate of drug-likeness (QED) is 0.518. The van der Waals surface area contributed by atoms with E-state index in [2.05, 4.69) is 38.2 Å². The van der Waals surface area contributed by atoms with Gasteiger partial charge in [0.1, 0.15) is 5.82 Å². The van der Waals surface area contributed by atoms with E-state index in [4.69, 9.17) is 4.74 Å². The summed E-state index contributed by atoms with van der Waals surface area (Å²) in [6.45, 7) is 3.33. The van der Waals surface area contributed by atoms with Gasteiger partial charge in [-0.2, -0.15) is 0 Å².